The summed E-state index contributed by atoms with van der Waals surface area (Å²) in [5, 5.41) is 1.35. The molecule has 0 fully saturated rings. The number of thiophene rings is 1. The van der Waals surface area contributed by atoms with E-state index in [1.807, 2.05) is 11.3 Å². The predicted molar refractivity (Wildman–Crippen MR) is 148 cm³/mol. The van der Waals surface area contributed by atoms with Gasteiger partial charge in [-0.2, -0.15) is 0 Å². The molecular formula is C30H23BN2S. The first-order valence-electron chi connectivity index (χ1n) is 12.2. The molecule has 5 aromatic rings. The van der Waals surface area contributed by atoms with E-state index in [0.29, 0.717) is 12.0 Å². The number of nitrogens with zero attached hydrogens (tertiary/aromatic N) is 2. The van der Waals surface area contributed by atoms with Crippen LogP contribution in [0.4, 0.5) is 28.4 Å². The SMILES string of the molecule is CC1c2cccc3c2N(c2cccc4c2B3c2sc3ccccc3c2N4c2ccccc2)C1C. The van der Waals surface area contributed by atoms with Crippen molar-refractivity contribution in [1.82, 2.24) is 0 Å². The smallest absolute Gasteiger partial charge is 0.264 e. The lowest BCUT2D eigenvalue weighted by atomic mass is 9.36. The van der Waals surface area contributed by atoms with Crippen LogP contribution in [0.2, 0.25) is 0 Å². The zero-order valence-electron chi connectivity index (χ0n) is 19.2. The Bertz CT molecular complexity index is 1620. The molecular weight excluding hydrogens is 431 g/mol. The molecule has 2 unspecified atom stereocenters. The Hall–Kier alpha value is -3.50. The number of rotatable bonds is 1. The van der Waals surface area contributed by atoms with Gasteiger partial charge in [0.2, 0.25) is 0 Å². The fourth-order valence-corrected chi connectivity index (χ4v) is 7.92. The molecule has 8 rings (SSSR count). The van der Waals surface area contributed by atoms with E-state index in [0.717, 1.165) is 0 Å². The summed E-state index contributed by atoms with van der Waals surface area (Å²) in [6.07, 6.45) is 0. The van der Waals surface area contributed by atoms with Crippen LogP contribution in [-0.2, 0) is 0 Å². The van der Waals surface area contributed by atoms with Crippen molar-refractivity contribution in [2.45, 2.75) is 25.8 Å². The van der Waals surface area contributed by atoms with Crippen LogP contribution < -0.4 is 25.5 Å². The van der Waals surface area contributed by atoms with E-state index >= 15 is 0 Å². The Balaban J connectivity index is 1.53. The maximum Gasteiger partial charge on any atom is 0.264 e. The summed E-state index contributed by atoms with van der Waals surface area (Å²) in [6.45, 7) is 5.04. The summed E-state index contributed by atoms with van der Waals surface area (Å²) in [6, 6.07) is 34.2. The lowest BCUT2D eigenvalue weighted by Crippen LogP contribution is -2.61. The maximum absolute atomic E-state index is 2.63. The number of hydrogen-bond donors (Lipinski definition) is 0. The standard InChI is InChI=1S/C30H23BN2S/c1-18-19(2)32-24-15-9-16-25-27(24)31(23-14-8-13-21(18)28(23)32)30-29(22-12-6-7-17-26(22)34-30)33(25)20-10-4-3-5-11-20/h3-19H,1-2H3. The highest BCUT2D eigenvalue weighted by atomic mass is 32.1. The van der Waals surface area contributed by atoms with Gasteiger partial charge in [-0.1, -0.05) is 67.6 Å². The van der Waals surface area contributed by atoms with Crippen molar-refractivity contribution in [1.29, 1.82) is 0 Å². The van der Waals surface area contributed by atoms with Crippen molar-refractivity contribution >= 4 is 72.3 Å². The van der Waals surface area contributed by atoms with Gasteiger partial charge in [0.1, 0.15) is 0 Å². The molecule has 0 radical (unpaired) electrons. The van der Waals surface area contributed by atoms with Gasteiger partial charge >= 0.3 is 0 Å². The normalized spacial score (nSPS) is 19.3. The van der Waals surface area contributed by atoms with Gasteiger partial charge in [0.25, 0.3) is 6.71 Å². The van der Waals surface area contributed by atoms with E-state index in [1.165, 1.54) is 59.8 Å². The summed E-state index contributed by atoms with van der Waals surface area (Å²) in [5.41, 5.74) is 11.1. The molecule has 2 nitrogen and oxygen atoms in total. The minimum Gasteiger partial charge on any atom is -0.339 e. The molecule has 3 aliphatic heterocycles. The van der Waals surface area contributed by atoms with Crippen LogP contribution in [0, 0.1) is 0 Å². The fraction of sp³-hybridized carbons (Fsp3) is 0.133. The summed E-state index contributed by atoms with van der Waals surface area (Å²) < 4.78 is 2.82. The fourth-order valence-electron chi connectivity index (χ4n) is 6.60. The minimum absolute atomic E-state index is 0.266. The summed E-state index contributed by atoms with van der Waals surface area (Å²) in [4.78, 5) is 5.15. The van der Waals surface area contributed by atoms with Crippen molar-refractivity contribution < 1.29 is 0 Å². The molecule has 4 aromatic carbocycles. The molecule has 0 saturated heterocycles. The van der Waals surface area contributed by atoms with Gasteiger partial charge in [-0.3, -0.25) is 0 Å². The van der Waals surface area contributed by atoms with Crippen LogP contribution in [0.1, 0.15) is 25.3 Å². The van der Waals surface area contributed by atoms with Crippen molar-refractivity contribution in [3.8, 4) is 0 Å². The third-order valence-corrected chi connectivity index (χ3v) is 9.44. The van der Waals surface area contributed by atoms with E-state index in [2.05, 4.69) is 115 Å². The first kappa shape index (κ1) is 18.9. The average molecular weight is 454 g/mol. The largest absolute Gasteiger partial charge is 0.339 e. The molecule has 4 heteroatoms. The molecule has 1 aromatic heterocycles. The molecule has 0 amide bonds. The van der Waals surface area contributed by atoms with E-state index in [4.69, 9.17) is 0 Å². The van der Waals surface area contributed by atoms with Gasteiger partial charge in [0, 0.05) is 49.6 Å². The average Bonchev–Trinajstić information content (AvgIpc) is 3.38. The summed E-state index contributed by atoms with van der Waals surface area (Å²) in [7, 11) is 0. The molecule has 0 N–H and O–H groups in total. The zero-order chi connectivity index (χ0) is 22.6. The quantitative estimate of drug-likeness (QED) is 0.275. The second-order valence-corrected chi connectivity index (χ2v) is 10.9. The van der Waals surface area contributed by atoms with Crippen LogP contribution in [0.15, 0.2) is 91.0 Å². The highest BCUT2D eigenvalue weighted by Gasteiger charge is 2.48. The lowest BCUT2D eigenvalue weighted by molar-refractivity contribution is 0.643. The Morgan fingerprint density at radius 2 is 1.50 bits per heavy atom. The number of benzene rings is 4. The van der Waals surface area contributed by atoms with Gasteiger partial charge < -0.3 is 9.80 Å². The van der Waals surface area contributed by atoms with Gasteiger partial charge in [-0.05, 0) is 53.7 Å². The second-order valence-electron chi connectivity index (χ2n) is 9.81. The van der Waals surface area contributed by atoms with Crippen molar-refractivity contribution in [3.63, 3.8) is 0 Å². The van der Waals surface area contributed by atoms with Crippen LogP contribution in [-0.4, -0.2) is 12.8 Å². The topological polar surface area (TPSA) is 6.48 Å². The first-order chi connectivity index (χ1) is 16.7. The molecule has 162 valence electrons. The van der Waals surface area contributed by atoms with Gasteiger partial charge in [-0.15, -0.1) is 11.3 Å². The number of hydrogen-bond acceptors (Lipinski definition) is 3. The molecule has 0 bridgehead atoms. The van der Waals surface area contributed by atoms with Crippen LogP contribution >= 0.6 is 11.3 Å². The highest BCUT2D eigenvalue weighted by molar-refractivity contribution is 7.33. The Morgan fingerprint density at radius 3 is 2.38 bits per heavy atom. The predicted octanol–water partition coefficient (Wildman–Crippen LogP) is 6.16. The van der Waals surface area contributed by atoms with E-state index in [9.17, 15) is 0 Å². The Kier molecular flexibility index (Phi) is 3.64. The molecule has 4 heterocycles. The number of para-hydroxylation sites is 2. The monoisotopic (exact) mass is 454 g/mol. The third-order valence-electron chi connectivity index (χ3n) is 8.22. The van der Waals surface area contributed by atoms with E-state index < -0.39 is 0 Å². The van der Waals surface area contributed by atoms with Crippen LogP contribution in [0.25, 0.3) is 10.1 Å². The number of anilines is 5. The van der Waals surface area contributed by atoms with E-state index in [-0.39, 0.29) is 6.71 Å². The first-order valence-corrected chi connectivity index (χ1v) is 13.0. The van der Waals surface area contributed by atoms with Gasteiger partial charge in [0.05, 0.1) is 5.69 Å². The Labute approximate surface area is 204 Å². The van der Waals surface area contributed by atoms with Crippen molar-refractivity contribution in [2.24, 2.45) is 0 Å². The highest BCUT2D eigenvalue weighted by Crippen LogP contribution is 2.50. The number of fused-ring (bicyclic) bond motifs is 6. The van der Waals surface area contributed by atoms with Crippen molar-refractivity contribution in [2.75, 3.05) is 9.80 Å². The molecule has 3 aliphatic rings. The maximum atomic E-state index is 2.63. The Morgan fingerprint density at radius 1 is 0.735 bits per heavy atom. The van der Waals surface area contributed by atoms with Gasteiger partial charge in [0.15, 0.2) is 0 Å². The van der Waals surface area contributed by atoms with Crippen LogP contribution in [0.3, 0.4) is 0 Å². The van der Waals surface area contributed by atoms with E-state index in [1.54, 1.807) is 0 Å². The molecule has 0 spiro atoms. The minimum atomic E-state index is 0.266. The van der Waals surface area contributed by atoms with Crippen molar-refractivity contribution in [3.05, 3.63) is 96.6 Å². The lowest BCUT2D eigenvalue weighted by Gasteiger charge is -2.43. The zero-order valence-corrected chi connectivity index (χ0v) is 20.0. The molecule has 0 aliphatic carbocycles. The summed E-state index contributed by atoms with van der Waals surface area (Å²) >= 11 is 1.97. The second kappa shape index (κ2) is 6.55. The third kappa shape index (κ3) is 2.18. The van der Waals surface area contributed by atoms with Crippen LogP contribution in [0.5, 0.6) is 0 Å². The molecule has 34 heavy (non-hydrogen) atoms. The van der Waals surface area contributed by atoms with Gasteiger partial charge in [-0.25, -0.2) is 0 Å². The summed E-state index contributed by atoms with van der Waals surface area (Å²) in [5.74, 6) is 0.512. The molecule has 0 saturated carbocycles. The molecule has 2 atom stereocenters.